The van der Waals surface area contributed by atoms with E-state index in [2.05, 4.69) is 87.2 Å². The van der Waals surface area contributed by atoms with Gasteiger partial charge in [0.1, 0.15) is 12.4 Å². The minimum Gasteiger partial charge on any atom is -0.315 e. The summed E-state index contributed by atoms with van der Waals surface area (Å²) in [7, 11) is 0. The van der Waals surface area contributed by atoms with E-state index in [9.17, 15) is 0 Å². The van der Waals surface area contributed by atoms with Gasteiger partial charge in [-0.05, 0) is 55.7 Å². The molecule has 1 fully saturated rings. The van der Waals surface area contributed by atoms with Crippen molar-refractivity contribution < 1.29 is 0 Å². The van der Waals surface area contributed by atoms with Crippen LogP contribution in [0.5, 0.6) is 0 Å². The fourth-order valence-corrected chi connectivity index (χ4v) is 4.84. The average Bonchev–Trinajstić information content (AvgIpc) is 3.40. The highest BCUT2D eigenvalue weighted by molar-refractivity contribution is 5.55. The van der Waals surface area contributed by atoms with Crippen LogP contribution in [-0.4, -0.2) is 41.4 Å². The topological polar surface area (TPSA) is 78.2 Å². The lowest BCUT2D eigenvalue weighted by Crippen LogP contribution is -2.37. The van der Waals surface area contributed by atoms with Crippen LogP contribution >= 0.6 is 0 Å². The van der Waals surface area contributed by atoms with E-state index >= 15 is 0 Å². The maximum atomic E-state index is 7.09. The number of hydrogen-bond donors (Lipinski definition) is 0. The molecule has 1 aliphatic carbocycles. The SMILES string of the molecule is [C-]#[N+]CCn1nnnc1C(C)(C)c1cccn2c(C3(c4ccc(C)cc4)CCC3)nnc12. The van der Waals surface area contributed by atoms with E-state index in [1.807, 2.05) is 6.07 Å². The summed E-state index contributed by atoms with van der Waals surface area (Å²) in [4.78, 5) is 3.44. The predicted molar refractivity (Wildman–Crippen MR) is 120 cm³/mol. The number of nitrogens with zero attached hydrogens (tertiary/aromatic N) is 8. The highest BCUT2D eigenvalue weighted by Gasteiger charge is 2.44. The number of aromatic nitrogens is 7. The zero-order valence-electron chi connectivity index (χ0n) is 18.7. The van der Waals surface area contributed by atoms with Crippen LogP contribution in [0.25, 0.3) is 10.5 Å². The highest BCUT2D eigenvalue weighted by atomic mass is 15.5. The Morgan fingerprint density at radius 2 is 1.88 bits per heavy atom. The minimum absolute atomic E-state index is 0.104. The maximum absolute atomic E-state index is 7.09. The number of pyridine rings is 1. The molecule has 0 atom stereocenters. The molecule has 0 bridgehead atoms. The first-order valence-corrected chi connectivity index (χ1v) is 11.0. The van der Waals surface area contributed by atoms with Gasteiger partial charge in [-0.3, -0.25) is 4.40 Å². The molecule has 0 amide bonds. The van der Waals surface area contributed by atoms with E-state index in [0.29, 0.717) is 13.1 Å². The van der Waals surface area contributed by atoms with Gasteiger partial charge < -0.3 is 4.85 Å². The van der Waals surface area contributed by atoms with Crippen LogP contribution in [0.15, 0.2) is 42.6 Å². The molecular formula is C24H26N8. The second-order valence-corrected chi connectivity index (χ2v) is 9.17. The van der Waals surface area contributed by atoms with Gasteiger partial charge in [-0.1, -0.05) is 42.3 Å². The zero-order valence-corrected chi connectivity index (χ0v) is 18.7. The third-order valence-corrected chi connectivity index (χ3v) is 6.86. The van der Waals surface area contributed by atoms with Crippen LogP contribution in [0.2, 0.25) is 0 Å². The van der Waals surface area contributed by atoms with Gasteiger partial charge in [0.15, 0.2) is 11.5 Å². The van der Waals surface area contributed by atoms with Crippen LogP contribution in [0, 0.1) is 13.5 Å². The summed E-state index contributed by atoms with van der Waals surface area (Å²) in [5.74, 6) is 1.71. The Balaban J connectivity index is 1.62. The Morgan fingerprint density at radius 1 is 1.09 bits per heavy atom. The quantitative estimate of drug-likeness (QED) is 0.439. The number of hydrogen-bond acceptors (Lipinski definition) is 5. The van der Waals surface area contributed by atoms with Crippen molar-refractivity contribution >= 4 is 5.65 Å². The molecule has 0 aliphatic heterocycles. The molecule has 1 aliphatic rings. The molecule has 1 aromatic carbocycles. The molecule has 0 spiro atoms. The second kappa shape index (κ2) is 7.52. The van der Waals surface area contributed by atoms with Gasteiger partial charge in [-0.15, -0.1) is 15.3 Å². The van der Waals surface area contributed by atoms with E-state index in [1.165, 1.54) is 17.5 Å². The summed E-state index contributed by atoms with van der Waals surface area (Å²) < 4.78 is 3.86. The Kier molecular flexibility index (Phi) is 4.77. The molecule has 0 N–H and O–H groups in total. The van der Waals surface area contributed by atoms with Gasteiger partial charge in [0.2, 0.25) is 6.54 Å². The standard InChI is InChI=1S/C24H26N8/c1-17-8-10-18(11-9-17)24(12-6-13-24)22-27-26-20-19(7-5-15-31(20)22)23(2,3)21-28-29-30-32(21)16-14-25-4/h5,7-11,15H,6,12-14,16H2,1-3H3. The molecule has 1 saturated carbocycles. The van der Waals surface area contributed by atoms with Crippen molar-refractivity contribution in [2.45, 2.75) is 57.4 Å². The van der Waals surface area contributed by atoms with Gasteiger partial charge in [0.25, 0.3) is 0 Å². The molecule has 5 rings (SSSR count). The van der Waals surface area contributed by atoms with Crippen molar-refractivity contribution in [3.05, 3.63) is 82.4 Å². The Morgan fingerprint density at radius 3 is 2.56 bits per heavy atom. The average molecular weight is 427 g/mol. The highest BCUT2D eigenvalue weighted by Crippen LogP contribution is 2.48. The fourth-order valence-electron chi connectivity index (χ4n) is 4.84. The van der Waals surface area contributed by atoms with Crippen LogP contribution < -0.4 is 0 Å². The zero-order chi connectivity index (χ0) is 22.3. The molecule has 162 valence electrons. The van der Waals surface area contributed by atoms with E-state index in [0.717, 1.165) is 35.7 Å². The lowest BCUT2D eigenvalue weighted by molar-refractivity contribution is 0.283. The smallest absolute Gasteiger partial charge is 0.234 e. The number of rotatable bonds is 6. The minimum atomic E-state index is -0.505. The van der Waals surface area contributed by atoms with Crippen LogP contribution in [0.3, 0.4) is 0 Å². The van der Waals surface area contributed by atoms with Gasteiger partial charge in [0.05, 0.1) is 10.8 Å². The fraction of sp³-hybridized carbons (Fsp3) is 0.417. The van der Waals surface area contributed by atoms with Gasteiger partial charge in [-0.2, -0.15) is 0 Å². The molecule has 3 aromatic heterocycles. The van der Waals surface area contributed by atoms with Crippen LogP contribution in [-0.2, 0) is 17.4 Å². The summed E-state index contributed by atoms with van der Waals surface area (Å²) >= 11 is 0. The van der Waals surface area contributed by atoms with E-state index in [4.69, 9.17) is 11.7 Å². The van der Waals surface area contributed by atoms with E-state index in [1.54, 1.807) is 4.68 Å². The van der Waals surface area contributed by atoms with Gasteiger partial charge in [-0.25, -0.2) is 11.3 Å². The van der Waals surface area contributed by atoms with Gasteiger partial charge in [0, 0.05) is 11.8 Å². The Hall–Kier alpha value is -3.60. The Labute approximate surface area is 187 Å². The normalized spacial score (nSPS) is 15.4. The van der Waals surface area contributed by atoms with Crippen molar-refractivity contribution in [2.24, 2.45) is 0 Å². The summed E-state index contributed by atoms with van der Waals surface area (Å²) in [6.45, 7) is 14.2. The van der Waals surface area contributed by atoms with Crippen LogP contribution in [0.1, 0.15) is 61.4 Å². The van der Waals surface area contributed by atoms with Crippen molar-refractivity contribution in [2.75, 3.05) is 6.54 Å². The monoisotopic (exact) mass is 426 g/mol. The number of aryl methyl sites for hydroxylation is 1. The number of tetrazole rings is 1. The number of benzene rings is 1. The third kappa shape index (κ3) is 3.00. The number of fused-ring (bicyclic) bond motifs is 1. The predicted octanol–water partition coefficient (Wildman–Crippen LogP) is 3.74. The van der Waals surface area contributed by atoms with Gasteiger partial charge >= 0.3 is 0 Å². The molecule has 4 aromatic rings. The van der Waals surface area contributed by atoms with E-state index < -0.39 is 5.41 Å². The summed E-state index contributed by atoms with van der Waals surface area (Å²) in [6, 6.07) is 12.9. The molecule has 3 heterocycles. The first-order valence-electron chi connectivity index (χ1n) is 11.0. The molecule has 0 radical (unpaired) electrons. The largest absolute Gasteiger partial charge is 0.315 e. The molecule has 8 heteroatoms. The van der Waals surface area contributed by atoms with Crippen molar-refractivity contribution in [3.8, 4) is 0 Å². The summed E-state index contributed by atoms with van der Waals surface area (Å²) in [6.07, 6.45) is 5.38. The van der Waals surface area contributed by atoms with Crippen molar-refractivity contribution in [3.63, 3.8) is 0 Å². The van der Waals surface area contributed by atoms with Crippen molar-refractivity contribution in [1.29, 1.82) is 0 Å². The lowest BCUT2D eigenvalue weighted by Gasteiger charge is -2.41. The van der Waals surface area contributed by atoms with E-state index in [-0.39, 0.29) is 5.41 Å². The molecule has 0 saturated heterocycles. The molecular weight excluding hydrogens is 400 g/mol. The summed E-state index contributed by atoms with van der Waals surface area (Å²) in [5.41, 5.74) is 3.79. The molecule has 32 heavy (non-hydrogen) atoms. The van der Waals surface area contributed by atoms with Crippen LogP contribution in [0.4, 0.5) is 0 Å². The summed E-state index contributed by atoms with van der Waals surface area (Å²) in [5, 5.41) is 21.7. The first kappa shape index (κ1) is 20.3. The molecule has 8 nitrogen and oxygen atoms in total. The Bertz CT molecular complexity index is 1300. The maximum Gasteiger partial charge on any atom is 0.234 e. The molecule has 0 unspecified atom stereocenters. The lowest BCUT2D eigenvalue weighted by atomic mass is 9.63. The second-order valence-electron chi connectivity index (χ2n) is 9.17. The first-order chi connectivity index (χ1) is 15.5. The van der Waals surface area contributed by atoms with Crippen molar-refractivity contribution in [1.82, 2.24) is 34.8 Å². The third-order valence-electron chi connectivity index (χ3n) is 6.86.